The van der Waals surface area contributed by atoms with Crippen LogP contribution in [-0.4, -0.2) is 55.5 Å². The van der Waals surface area contributed by atoms with Crippen molar-refractivity contribution in [3.63, 3.8) is 0 Å². The van der Waals surface area contributed by atoms with Crippen molar-refractivity contribution < 1.29 is 19.1 Å². The zero-order valence-corrected chi connectivity index (χ0v) is 17.7. The van der Waals surface area contributed by atoms with Crippen molar-refractivity contribution in [3.8, 4) is 0 Å². The number of amides is 1. The number of likely N-dealkylation sites (tertiary alicyclic amines) is 1. The summed E-state index contributed by atoms with van der Waals surface area (Å²) in [6.45, 7) is 16.6. The van der Waals surface area contributed by atoms with Crippen LogP contribution in [0.5, 0.6) is 0 Å². The molecule has 1 aliphatic carbocycles. The molecule has 2 fully saturated rings. The number of aliphatic hydroxyl groups excluding tert-OH is 1. The molecule has 1 aliphatic heterocycles. The fourth-order valence-corrected chi connectivity index (χ4v) is 5.09. The number of piperidine rings is 1. The molecule has 24 heavy (non-hydrogen) atoms. The highest BCUT2D eigenvalue weighted by Gasteiger charge is 2.68. The second kappa shape index (κ2) is 6.29. The van der Waals surface area contributed by atoms with E-state index >= 15 is 0 Å². The molecule has 0 aromatic rings. The molecule has 1 heterocycles. The molecule has 1 amide bonds. The minimum atomic E-state index is -1.26. The van der Waals surface area contributed by atoms with Gasteiger partial charge in [-0.3, -0.25) is 4.90 Å². The van der Waals surface area contributed by atoms with E-state index in [9.17, 15) is 9.90 Å². The van der Waals surface area contributed by atoms with E-state index in [0.29, 0.717) is 0 Å². The topological polar surface area (TPSA) is 59.0 Å². The second-order valence-electron chi connectivity index (χ2n) is 9.87. The van der Waals surface area contributed by atoms with Gasteiger partial charge in [0.25, 0.3) is 0 Å². The first-order valence-corrected chi connectivity index (χ1v) is 11.9. The van der Waals surface area contributed by atoms with Crippen LogP contribution in [0, 0.1) is 10.8 Å². The Kier molecular flexibility index (Phi) is 5.17. The zero-order chi connectivity index (χ0) is 18.5. The summed E-state index contributed by atoms with van der Waals surface area (Å²) in [5.41, 5.74) is -0.742. The van der Waals surface area contributed by atoms with Gasteiger partial charge in [-0.1, -0.05) is 20.8 Å². The first-order valence-electron chi connectivity index (χ1n) is 9.08. The standard InChI is InChI=1S/C18H35NO4Si/c1-16(2,3)14(23-24(7)8)12-9-18(11-20)10-13(18)19(12)15(21)22-17(4,5)6/h12-14,20,24H,9-11H2,1-8H3/t12-,13+,14?,18-/m0/s1. The van der Waals surface area contributed by atoms with E-state index in [2.05, 4.69) is 33.9 Å². The van der Waals surface area contributed by atoms with Crippen LogP contribution in [0.4, 0.5) is 4.79 Å². The molecule has 4 atom stereocenters. The highest BCUT2D eigenvalue weighted by atomic mass is 28.3. The Labute approximate surface area is 148 Å². The van der Waals surface area contributed by atoms with Gasteiger partial charge in [-0.25, -0.2) is 4.79 Å². The van der Waals surface area contributed by atoms with Crippen LogP contribution < -0.4 is 0 Å². The monoisotopic (exact) mass is 357 g/mol. The average Bonchev–Trinajstić information content (AvgIpc) is 2.98. The maximum Gasteiger partial charge on any atom is 0.410 e. The number of hydrogen-bond acceptors (Lipinski definition) is 4. The number of carbonyl (C=O) groups excluding carboxylic acids is 1. The first-order chi connectivity index (χ1) is 10.8. The van der Waals surface area contributed by atoms with Crippen LogP contribution in [0.3, 0.4) is 0 Å². The van der Waals surface area contributed by atoms with Crippen molar-refractivity contribution >= 4 is 15.1 Å². The minimum absolute atomic E-state index is 0.0272. The normalized spacial score (nSPS) is 31.2. The lowest BCUT2D eigenvalue weighted by Gasteiger charge is -2.42. The van der Waals surface area contributed by atoms with Crippen molar-refractivity contribution in [1.29, 1.82) is 0 Å². The van der Waals surface area contributed by atoms with Gasteiger partial charge in [-0.15, -0.1) is 0 Å². The maximum absolute atomic E-state index is 12.9. The summed E-state index contributed by atoms with van der Waals surface area (Å²) in [7, 11) is -1.26. The van der Waals surface area contributed by atoms with E-state index < -0.39 is 14.6 Å². The van der Waals surface area contributed by atoms with Gasteiger partial charge in [-0.2, -0.15) is 0 Å². The Balaban J connectivity index is 2.29. The number of ether oxygens (including phenoxy) is 1. The third-order valence-electron chi connectivity index (χ3n) is 5.00. The quantitative estimate of drug-likeness (QED) is 0.785. The van der Waals surface area contributed by atoms with Gasteiger partial charge >= 0.3 is 6.09 Å². The summed E-state index contributed by atoms with van der Waals surface area (Å²) < 4.78 is 12.0. The lowest BCUT2D eigenvalue weighted by Crippen LogP contribution is -2.53. The number of fused-ring (bicyclic) bond motifs is 1. The molecule has 1 saturated heterocycles. The number of hydrogen-bond donors (Lipinski definition) is 1. The lowest BCUT2D eigenvalue weighted by molar-refractivity contribution is -0.0207. The van der Waals surface area contributed by atoms with Gasteiger partial charge in [0.1, 0.15) is 5.60 Å². The third kappa shape index (κ3) is 3.97. The highest BCUT2D eigenvalue weighted by Crippen LogP contribution is 2.61. The van der Waals surface area contributed by atoms with Crippen molar-refractivity contribution in [1.82, 2.24) is 4.90 Å². The summed E-state index contributed by atoms with van der Waals surface area (Å²) in [5, 5.41) is 9.87. The largest absolute Gasteiger partial charge is 0.444 e. The van der Waals surface area contributed by atoms with Crippen LogP contribution in [0.25, 0.3) is 0 Å². The summed E-state index contributed by atoms with van der Waals surface area (Å²) in [4.78, 5) is 14.7. The smallest absolute Gasteiger partial charge is 0.410 e. The van der Waals surface area contributed by atoms with Gasteiger partial charge in [0.15, 0.2) is 9.04 Å². The van der Waals surface area contributed by atoms with E-state index in [1.165, 1.54) is 0 Å². The molecule has 1 saturated carbocycles. The van der Waals surface area contributed by atoms with Gasteiger partial charge < -0.3 is 14.3 Å². The molecule has 1 unspecified atom stereocenters. The van der Waals surface area contributed by atoms with Crippen molar-refractivity contribution in [2.45, 2.75) is 91.3 Å². The lowest BCUT2D eigenvalue weighted by atomic mass is 9.82. The molecule has 0 aromatic heterocycles. The van der Waals surface area contributed by atoms with Gasteiger partial charge in [0.05, 0.1) is 18.8 Å². The van der Waals surface area contributed by atoms with Gasteiger partial charge in [0, 0.05) is 11.5 Å². The van der Waals surface area contributed by atoms with Crippen molar-refractivity contribution in [3.05, 3.63) is 0 Å². The molecule has 0 radical (unpaired) electrons. The summed E-state index contributed by atoms with van der Waals surface area (Å²) in [5.74, 6) is 0. The van der Waals surface area contributed by atoms with Crippen LogP contribution >= 0.6 is 0 Å². The maximum atomic E-state index is 12.9. The summed E-state index contributed by atoms with van der Waals surface area (Å²) in [6.07, 6.45) is 1.37. The summed E-state index contributed by atoms with van der Waals surface area (Å²) in [6, 6.07) is 0.0604. The molecular formula is C18H35NO4Si. The Bertz CT molecular complexity index is 482. The molecular weight excluding hydrogens is 322 g/mol. The predicted octanol–water partition coefficient (Wildman–Crippen LogP) is 3.16. The van der Waals surface area contributed by atoms with Crippen LogP contribution in [-0.2, 0) is 9.16 Å². The molecule has 2 rings (SSSR count). The second-order valence-corrected chi connectivity index (χ2v) is 12.2. The molecule has 0 bridgehead atoms. The van der Waals surface area contributed by atoms with E-state index in [-0.39, 0.29) is 41.7 Å². The Morgan fingerprint density at radius 1 is 1.25 bits per heavy atom. The van der Waals surface area contributed by atoms with Crippen LogP contribution in [0.2, 0.25) is 13.1 Å². The number of carbonyl (C=O) groups is 1. The molecule has 0 aromatic carbocycles. The minimum Gasteiger partial charge on any atom is -0.444 e. The van der Waals surface area contributed by atoms with Gasteiger partial charge in [-0.05, 0) is 52.1 Å². The Hall–Kier alpha value is -0.593. The number of nitrogens with zero attached hydrogens (tertiary/aromatic N) is 1. The van der Waals surface area contributed by atoms with E-state index in [0.717, 1.165) is 12.8 Å². The molecule has 140 valence electrons. The average molecular weight is 358 g/mol. The Morgan fingerprint density at radius 3 is 2.25 bits per heavy atom. The Morgan fingerprint density at radius 2 is 1.83 bits per heavy atom. The number of rotatable bonds is 4. The first kappa shape index (κ1) is 19.7. The molecule has 5 nitrogen and oxygen atoms in total. The third-order valence-corrected chi connectivity index (χ3v) is 5.83. The predicted molar refractivity (Wildman–Crippen MR) is 97.6 cm³/mol. The van der Waals surface area contributed by atoms with E-state index in [1.807, 2.05) is 25.7 Å². The van der Waals surface area contributed by atoms with E-state index in [4.69, 9.17) is 9.16 Å². The summed E-state index contributed by atoms with van der Waals surface area (Å²) >= 11 is 0. The fourth-order valence-electron chi connectivity index (χ4n) is 3.91. The molecule has 0 spiro atoms. The van der Waals surface area contributed by atoms with E-state index in [1.54, 1.807) is 0 Å². The fraction of sp³-hybridized carbons (Fsp3) is 0.944. The zero-order valence-electron chi connectivity index (χ0n) is 16.5. The van der Waals surface area contributed by atoms with Crippen LogP contribution in [0.15, 0.2) is 0 Å². The van der Waals surface area contributed by atoms with Crippen LogP contribution in [0.1, 0.15) is 54.4 Å². The molecule has 2 aliphatic rings. The van der Waals surface area contributed by atoms with Gasteiger partial charge in [0.2, 0.25) is 0 Å². The van der Waals surface area contributed by atoms with Crippen molar-refractivity contribution in [2.24, 2.45) is 10.8 Å². The molecule has 6 heteroatoms. The number of aliphatic hydroxyl groups is 1. The molecule has 1 N–H and O–H groups in total. The SMILES string of the molecule is C[SiH](C)OC([C@@H]1C[C@@]2(CO)C[C@H]2N1C(=O)OC(C)(C)C)C(C)(C)C. The highest BCUT2D eigenvalue weighted by molar-refractivity contribution is 6.48. The van der Waals surface area contributed by atoms with Crippen molar-refractivity contribution in [2.75, 3.05) is 6.61 Å².